The molecule has 0 radical (unpaired) electrons. The summed E-state index contributed by atoms with van der Waals surface area (Å²) in [4.78, 5) is 0. The van der Waals surface area contributed by atoms with Crippen LogP contribution in [0.25, 0.3) is 0 Å². The number of hydrogen-bond acceptors (Lipinski definition) is 5. The maximum absolute atomic E-state index is 10.8. The Bertz CT molecular complexity index is 267. The van der Waals surface area contributed by atoms with Crippen molar-refractivity contribution in [2.75, 3.05) is 39.8 Å². The zero-order valence-electron chi connectivity index (χ0n) is 9.81. The van der Waals surface area contributed by atoms with Crippen molar-refractivity contribution >= 4 is 19.7 Å². The van der Waals surface area contributed by atoms with Crippen LogP contribution < -0.4 is 0 Å². The minimum absolute atomic E-state index is 0.0868. The van der Waals surface area contributed by atoms with Crippen LogP contribution in [0, 0.1) is 5.92 Å². The first kappa shape index (κ1) is 16.1. The maximum Gasteiger partial charge on any atom is 0.232 e. The van der Waals surface area contributed by atoms with Crippen LogP contribution in [-0.4, -0.2) is 54.3 Å². The first-order valence-corrected chi connectivity index (χ1v) is 7.38. The summed E-state index contributed by atoms with van der Waals surface area (Å²) in [5.41, 5.74) is 0. The molecule has 0 aromatic rings. The summed E-state index contributed by atoms with van der Waals surface area (Å²) in [5, 5.41) is 0. The zero-order valence-corrected chi connectivity index (χ0v) is 11.4. The first-order chi connectivity index (χ1) is 7.39. The zero-order chi connectivity index (χ0) is 12.6. The van der Waals surface area contributed by atoms with Crippen LogP contribution >= 0.6 is 10.7 Å². The van der Waals surface area contributed by atoms with E-state index in [9.17, 15) is 8.42 Å². The fourth-order valence-corrected chi connectivity index (χ4v) is 2.58. The Labute approximate surface area is 101 Å². The second-order valence-corrected chi connectivity index (χ2v) is 6.48. The number of halogens is 1. The molecule has 0 N–H and O–H groups in total. The van der Waals surface area contributed by atoms with Crippen LogP contribution in [0.1, 0.15) is 6.92 Å². The molecule has 98 valence electrons. The van der Waals surface area contributed by atoms with Crippen molar-refractivity contribution in [1.29, 1.82) is 0 Å². The van der Waals surface area contributed by atoms with Crippen LogP contribution in [0.2, 0.25) is 0 Å². The van der Waals surface area contributed by atoms with Gasteiger partial charge in [-0.15, -0.1) is 0 Å². The molecule has 0 saturated heterocycles. The summed E-state index contributed by atoms with van der Waals surface area (Å²) >= 11 is 0. The fourth-order valence-electron chi connectivity index (χ4n) is 1.16. The molecular formula is C9H19ClO5S. The van der Waals surface area contributed by atoms with Gasteiger partial charge < -0.3 is 14.2 Å². The molecule has 0 aliphatic heterocycles. The molecule has 0 aromatic heterocycles. The van der Waals surface area contributed by atoms with Gasteiger partial charge in [0, 0.05) is 24.9 Å². The number of ether oxygens (including phenoxy) is 3. The van der Waals surface area contributed by atoms with Crippen molar-refractivity contribution in [3.05, 3.63) is 0 Å². The third-order valence-electron chi connectivity index (χ3n) is 1.88. The van der Waals surface area contributed by atoms with Crippen LogP contribution in [0.5, 0.6) is 0 Å². The highest BCUT2D eigenvalue weighted by atomic mass is 35.7. The second-order valence-electron chi connectivity index (χ2n) is 3.66. The van der Waals surface area contributed by atoms with E-state index >= 15 is 0 Å². The van der Waals surface area contributed by atoms with E-state index in [1.54, 1.807) is 21.1 Å². The minimum atomic E-state index is -3.45. The molecular weight excluding hydrogens is 256 g/mol. The molecule has 0 bridgehead atoms. The van der Waals surface area contributed by atoms with E-state index in [2.05, 4.69) is 0 Å². The Morgan fingerprint density at radius 1 is 1.19 bits per heavy atom. The van der Waals surface area contributed by atoms with Gasteiger partial charge in [0.25, 0.3) is 0 Å². The van der Waals surface area contributed by atoms with Crippen LogP contribution in [0.4, 0.5) is 0 Å². The van der Waals surface area contributed by atoms with E-state index in [1.165, 1.54) is 0 Å². The molecule has 0 amide bonds. The van der Waals surface area contributed by atoms with Gasteiger partial charge in [-0.1, -0.05) is 6.92 Å². The van der Waals surface area contributed by atoms with Crippen molar-refractivity contribution < 1.29 is 22.6 Å². The highest BCUT2D eigenvalue weighted by Crippen LogP contribution is 2.06. The number of methoxy groups -OCH3 is 2. The Hall–Kier alpha value is 0.120. The van der Waals surface area contributed by atoms with Gasteiger partial charge in [-0.25, -0.2) is 8.42 Å². The van der Waals surface area contributed by atoms with Gasteiger partial charge in [0.2, 0.25) is 9.05 Å². The lowest BCUT2D eigenvalue weighted by molar-refractivity contribution is -0.0349. The van der Waals surface area contributed by atoms with E-state index in [-0.39, 0.29) is 17.8 Å². The molecule has 0 aliphatic carbocycles. The van der Waals surface area contributed by atoms with Gasteiger partial charge in [-0.3, -0.25) is 0 Å². The van der Waals surface area contributed by atoms with Crippen LogP contribution in [0.15, 0.2) is 0 Å². The molecule has 0 aliphatic rings. The normalized spacial score (nSPS) is 16.0. The van der Waals surface area contributed by atoms with Crippen molar-refractivity contribution in [2.24, 2.45) is 5.92 Å². The SMILES string of the molecule is COCC(COCC(C)CS(=O)(=O)Cl)OC. The Morgan fingerprint density at radius 2 is 1.81 bits per heavy atom. The lowest BCUT2D eigenvalue weighted by Gasteiger charge is -2.16. The summed E-state index contributed by atoms with van der Waals surface area (Å²) < 4.78 is 36.8. The average molecular weight is 275 g/mol. The summed E-state index contributed by atoms with van der Waals surface area (Å²) in [7, 11) is 4.81. The fraction of sp³-hybridized carbons (Fsp3) is 1.00. The predicted octanol–water partition coefficient (Wildman–Crippen LogP) is 0.869. The van der Waals surface area contributed by atoms with Gasteiger partial charge >= 0.3 is 0 Å². The predicted molar refractivity (Wildman–Crippen MR) is 62.3 cm³/mol. The molecule has 5 nitrogen and oxygen atoms in total. The minimum Gasteiger partial charge on any atom is -0.382 e. The van der Waals surface area contributed by atoms with Crippen molar-refractivity contribution in [3.63, 3.8) is 0 Å². The Morgan fingerprint density at radius 3 is 2.25 bits per heavy atom. The maximum atomic E-state index is 10.8. The largest absolute Gasteiger partial charge is 0.382 e. The van der Waals surface area contributed by atoms with Crippen LogP contribution in [-0.2, 0) is 23.3 Å². The smallest absolute Gasteiger partial charge is 0.232 e. The molecule has 2 unspecified atom stereocenters. The molecule has 0 fully saturated rings. The lowest BCUT2D eigenvalue weighted by Crippen LogP contribution is -2.25. The molecule has 16 heavy (non-hydrogen) atoms. The van der Waals surface area contributed by atoms with Crippen molar-refractivity contribution in [2.45, 2.75) is 13.0 Å². The topological polar surface area (TPSA) is 61.8 Å². The molecule has 0 saturated carbocycles. The lowest BCUT2D eigenvalue weighted by atomic mass is 10.2. The van der Waals surface area contributed by atoms with Gasteiger partial charge in [0.15, 0.2) is 0 Å². The molecule has 0 spiro atoms. The van der Waals surface area contributed by atoms with E-state index in [0.29, 0.717) is 19.8 Å². The Balaban J connectivity index is 3.72. The standard InChI is InChI=1S/C9H19ClO5S/c1-8(7-16(10,11)12)4-15-6-9(14-3)5-13-2/h8-9H,4-7H2,1-3H3. The highest BCUT2D eigenvalue weighted by Gasteiger charge is 2.14. The van der Waals surface area contributed by atoms with Crippen molar-refractivity contribution in [1.82, 2.24) is 0 Å². The van der Waals surface area contributed by atoms with Gasteiger partial charge in [-0.2, -0.15) is 0 Å². The molecule has 0 rings (SSSR count). The van der Waals surface area contributed by atoms with Gasteiger partial charge in [-0.05, 0) is 5.92 Å². The number of hydrogen-bond donors (Lipinski definition) is 0. The molecule has 0 heterocycles. The average Bonchev–Trinajstić information content (AvgIpc) is 2.13. The molecule has 0 aromatic carbocycles. The van der Waals surface area contributed by atoms with E-state index in [1.807, 2.05) is 0 Å². The molecule has 2 atom stereocenters. The van der Waals surface area contributed by atoms with E-state index in [0.717, 1.165) is 0 Å². The summed E-state index contributed by atoms with van der Waals surface area (Å²) in [6.07, 6.45) is -0.134. The van der Waals surface area contributed by atoms with Crippen LogP contribution in [0.3, 0.4) is 0 Å². The van der Waals surface area contributed by atoms with E-state index in [4.69, 9.17) is 24.9 Å². The second kappa shape index (κ2) is 8.25. The molecule has 7 heteroatoms. The third-order valence-corrected chi connectivity index (χ3v) is 3.22. The first-order valence-electron chi connectivity index (χ1n) is 4.90. The third kappa shape index (κ3) is 9.35. The van der Waals surface area contributed by atoms with Gasteiger partial charge in [0.1, 0.15) is 6.10 Å². The summed E-state index contributed by atoms with van der Waals surface area (Å²) in [5.74, 6) is -0.223. The van der Waals surface area contributed by atoms with Gasteiger partial charge in [0.05, 0.1) is 25.6 Å². The van der Waals surface area contributed by atoms with E-state index < -0.39 is 9.05 Å². The van der Waals surface area contributed by atoms with Crippen molar-refractivity contribution in [3.8, 4) is 0 Å². The summed E-state index contributed by atoms with van der Waals surface area (Å²) in [6.45, 7) is 2.91. The Kier molecular flexibility index (Phi) is 8.31. The quantitative estimate of drug-likeness (QED) is 0.584. The highest BCUT2D eigenvalue weighted by molar-refractivity contribution is 8.13. The summed E-state index contributed by atoms with van der Waals surface area (Å²) in [6, 6.07) is 0. The monoisotopic (exact) mass is 274 g/mol. The number of rotatable bonds is 9.